The van der Waals surface area contributed by atoms with Gasteiger partial charge < -0.3 is 16.0 Å². The van der Waals surface area contributed by atoms with Gasteiger partial charge in [-0.25, -0.2) is 9.67 Å². The lowest BCUT2D eigenvalue weighted by Gasteiger charge is -2.32. The van der Waals surface area contributed by atoms with E-state index >= 15 is 0 Å². The smallest absolute Gasteiger partial charge is 0.227 e. The van der Waals surface area contributed by atoms with E-state index in [1.54, 1.807) is 0 Å². The van der Waals surface area contributed by atoms with Gasteiger partial charge in [-0.05, 0) is 32.0 Å². The molecule has 0 amide bonds. The van der Waals surface area contributed by atoms with E-state index in [1.165, 1.54) is 0 Å². The maximum absolute atomic E-state index is 5.86. The van der Waals surface area contributed by atoms with Crippen molar-refractivity contribution in [3.8, 4) is 5.82 Å². The highest BCUT2D eigenvalue weighted by molar-refractivity contribution is 5.83. The number of hydrogen-bond donors (Lipinski definition) is 2. The number of fused-ring (bicyclic) bond motifs is 1. The number of piperazine rings is 1. The Labute approximate surface area is 140 Å². The second-order valence-corrected chi connectivity index (χ2v) is 6.35. The Morgan fingerprint density at radius 3 is 3.00 bits per heavy atom. The number of hydrogen-bond acceptors (Lipinski definition) is 6. The summed E-state index contributed by atoms with van der Waals surface area (Å²) in [5.74, 6) is 1.56. The molecule has 0 bridgehead atoms. The third-order valence-electron chi connectivity index (χ3n) is 4.38. The minimum atomic E-state index is 0.431. The van der Waals surface area contributed by atoms with Gasteiger partial charge in [0.05, 0.1) is 11.7 Å². The summed E-state index contributed by atoms with van der Waals surface area (Å²) in [4.78, 5) is 11.5. The van der Waals surface area contributed by atoms with Crippen molar-refractivity contribution in [3.63, 3.8) is 0 Å². The predicted molar refractivity (Wildman–Crippen MR) is 95.5 cm³/mol. The first-order valence-corrected chi connectivity index (χ1v) is 8.17. The van der Waals surface area contributed by atoms with Crippen LogP contribution < -0.4 is 16.0 Å². The van der Waals surface area contributed by atoms with Gasteiger partial charge >= 0.3 is 0 Å². The van der Waals surface area contributed by atoms with Crippen molar-refractivity contribution < 1.29 is 0 Å². The van der Waals surface area contributed by atoms with Crippen molar-refractivity contribution in [2.75, 3.05) is 30.3 Å². The molecule has 1 aliphatic rings. The average molecular weight is 323 g/mol. The monoisotopic (exact) mass is 323 g/mol. The van der Waals surface area contributed by atoms with Crippen LogP contribution in [0.4, 0.5) is 11.6 Å². The lowest BCUT2D eigenvalue weighted by atomic mass is 10.2. The maximum atomic E-state index is 5.86. The molecule has 0 spiro atoms. The van der Waals surface area contributed by atoms with E-state index in [0.29, 0.717) is 6.04 Å². The molecule has 3 aromatic rings. The number of benzene rings is 1. The summed E-state index contributed by atoms with van der Waals surface area (Å²) in [6.07, 6.45) is 3.69. The number of aryl methyl sites for hydroxylation is 1. The first-order valence-electron chi connectivity index (χ1n) is 8.17. The van der Waals surface area contributed by atoms with Crippen LogP contribution in [0, 0.1) is 6.92 Å². The van der Waals surface area contributed by atoms with E-state index < -0.39 is 0 Å². The molecule has 7 heteroatoms. The van der Waals surface area contributed by atoms with Crippen LogP contribution in [0.15, 0.2) is 30.6 Å². The van der Waals surface area contributed by atoms with Gasteiger partial charge in [0, 0.05) is 48.5 Å². The van der Waals surface area contributed by atoms with Crippen LogP contribution >= 0.6 is 0 Å². The highest BCUT2D eigenvalue weighted by atomic mass is 15.4. The molecule has 7 nitrogen and oxygen atoms in total. The van der Waals surface area contributed by atoms with Crippen molar-refractivity contribution in [1.29, 1.82) is 0 Å². The maximum Gasteiger partial charge on any atom is 0.227 e. The number of anilines is 2. The zero-order valence-electron chi connectivity index (χ0n) is 13.9. The zero-order chi connectivity index (χ0) is 16.7. The molecular formula is C17H21N7. The van der Waals surface area contributed by atoms with Gasteiger partial charge in [0.25, 0.3) is 0 Å². The first-order chi connectivity index (χ1) is 11.6. The lowest BCUT2D eigenvalue weighted by molar-refractivity contribution is 0.479. The standard InChI is InChI=1S/C17H21N7/c1-11-8-20-17(23-6-5-19-12(2)10-23)22-16(11)24-15-4-3-14(18)7-13(15)9-21-24/h3-4,7-9,12,19H,5-6,10,18H2,1-2H3. The first kappa shape index (κ1) is 14.9. The summed E-state index contributed by atoms with van der Waals surface area (Å²) in [6, 6.07) is 6.22. The third-order valence-corrected chi connectivity index (χ3v) is 4.38. The second kappa shape index (κ2) is 5.76. The van der Waals surface area contributed by atoms with Gasteiger partial charge in [-0.3, -0.25) is 0 Å². The molecular weight excluding hydrogens is 302 g/mol. The Balaban J connectivity index is 1.78. The normalized spacial score (nSPS) is 18.2. The summed E-state index contributed by atoms with van der Waals surface area (Å²) >= 11 is 0. The van der Waals surface area contributed by atoms with Crippen LogP contribution in [0.2, 0.25) is 0 Å². The molecule has 4 rings (SSSR count). The number of nitrogen functional groups attached to an aromatic ring is 1. The van der Waals surface area contributed by atoms with E-state index in [9.17, 15) is 0 Å². The Hall–Kier alpha value is -2.67. The van der Waals surface area contributed by atoms with Crippen LogP contribution in [0.3, 0.4) is 0 Å². The van der Waals surface area contributed by atoms with Crippen molar-refractivity contribution in [1.82, 2.24) is 25.1 Å². The number of aromatic nitrogens is 4. The van der Waals surface area contributed by atoms with Crippen molar-refractivity contribution in [2.24, 2.45) is 0 Å². The number of nitrogens with two attached hydrogens (primary N) is 1. The van der Waals surface area contributed by atoms with E-state index in [2.05, 4.69) is 27.2 Å². The van der Waals surface area contributed by atoms with Gasteiger partial charge in [-0.15, -0.1) is 0 Å². The largest absolute Gasteiger partial charge is 0.399 e. The quantitative estimate of drug-likeness (QED) is 0.695. The topological polar surface area (TPSA) is 84.9 Å². The van der Waals surface area contributed by atoms with Crippen molar-refractivity contribution >= 4 is 22.5 Å². The summed E-state index contributed by atoms with van der Waals surface area (Å²) in [6.45, 7) is 6.93. The van der Waals surface area contributed by atoms with Gasteiger partial charge in [0.2, 0.25) is 5.95 Å². The third kappa shape index (κ3) is 2.56. The molecule has 0 radical (unpaired) electrons. The molecule has 1 unspecified atom stereocenters. The van der Waals surface area contributed by atoms with Crippen LogP contribution in [-0.2, 0) is 0 Å². The van der Waals surface area contributed by atoms with Crippen LogP contribution in [0.1, 0.15) is 12.5 Å². The average Bonchev–Trinajstić information content (AvgIpc) is 2.98. The number of nitrogens with zero attached hydrogens (tertiary/aromatic N) is 5. The molecule has 1 aromatic carbocycles. The minimum absolute atomic E-state index is 0.431. The fourth-order valence-electron chi connectivity index (χ4n) is 3.13. The van der Waals surface area contributed by atoms with Crippen molar-refractivity contribution in [3.05, 3.63) is 36.2 Å². The second-order valence-electron chi connectivity index (χ2n) is 6.35. The predicted octanol–water partition coefficient (Wildman–Crippen LogP) is 1.50. The van der Waals surface area contributed by atoms with E-state index in [0.717, 1.165) is 53.6 Å². The van der Waals surface area contributed by atoms with E-state index in [4.69, 9.17) is 10.7 Å². The Morgan fingerprint density at radius 1 is 1.29 bits per heavy atom. The molecule has 1 atom stereocenters. The molecule has 1 saturated heterocycles. The molecule has 0 aliphatic carbocycles. The van der Waals surface area contributed by atoms with Gasteiger partial charge in [-0.2, -0.15) is 10.1 Å². The van der Waals surface area contributed by atoms with Crippen molar-refractivity contribution in [2.45, 2.75) is 19.9 Å². The number of rotatable bonds is 2. The Morgan fingerprint density at radius 2 is 2.17 bits per heavy atom. The van der Waals surface area contributed by atoms with Crippen LogP contribution in [0.25, 0.3) is 16.7 Å². The summed E-state index contributed by atoms with van der Waals surface area (Å²) < 4.78 is 1.86. The molecule has 0 saturated carbocycles. The van der Waals surface area contributed by atoms with Gasteiger partial charge in [-0.1, -0.05) is 0 Å². The minimum Gasteiger partial charge on any atom is -0.399 e. The molecule has 124 valence electrons. The van der Waals surface area contributed by atoms with E-state index in [1.807, 2.05) is 42.2 Å². The summed E-state index contributed by atoms with van der Waals surface area (Å²) in [7, 11) is 0. The van der Waals surface area contributed by atoms with Crippen LogP contribution in [0.5, 0.6) is 0 Å². The molecule has 24 heavy (non-hydrogen) atoms. The highest BCUT2D eigenvalue weighted by Gasteiger charge is 2.19. The van der Waals surface area contributed by atoms with Crippen LogP contribution in [-0.4, -0.2) is 45.4 Å². The zero-order valence-corrected chi connectivity index (χ0v) is 13.9. The summed E-state index contributed by atoms with van der Waals surface area (Å²) in [5, 5.41) is 8.95. The highest BCUT2D eigenvalue weighted by Crippen LogP contribution is 2.22. The molecule has 1 aliphatic heterocycles. The molecule has 1 fully saturated rings. The molecule has 3 heterocycles. The fraction of sp³-hybridized carbons (Fsp3) is 0.353. The SMILES string of the molecule is Cc1cnc(N2CCNC(C)C2)nc1-n1ncc2cc(N)ccc21. The van der Waals surface area contributed by atoms with Gasteiger partial charge in [0.15, 0.2) is 5.82 Å². The summed E-state index contributed by atoms with van der Waals surface area (Å²) in [5.41, 5.74) is 8.58. The molecule has 3 N–H and O–H groups in total. The lowest BCUT2D eigenvalue weighted by Crippen LogP contribution is -2.49. The molecule has 2 aromatic heterocycles. The Kier molecular flexibility index (Phi) is 3.57. The Bertz CT molecular complexity index is 886. The fourth-order valence-corrected chi connectivity index (χ4v) is 3.13. The van der Waals surface area contributed by atoms with E-state index in [-0.39, 0.29) is 0 Å². The number of nitrogens with one attached hydrogen (secondary N) is 1. The van der Waals surface area contributed by atoms with Gasteiger partial charge in [0.1, 0.15) is 0 Å².